The lowest BCUT2D eigenvalue weighted by Crippen LogP contribution is -2.22. The maximum absolute atomic E-state index is 3.78. The van der Waals surface area contributed by atoms with Gasteiger partial charge in [-0.3, -0.25) is 0 Å². The molecule has 0 spiro atoms. The van der Waals surface area contributed by atoms with Crippen molar-refractivity contribution < 1.29 is 0 Å². The number of thiophene rings is 1. The summed E-state index contributed by atoms with van der Waals surface area (Å²) < 4.78 is 0. The normalized spacial score (nSPS) is 16.5. The highest BCUT2D eigenvalue weighted by molar-refractivity contribution is 7.12. The Balaban J connectivity index is 1.71. The highest BCUT2D eigenvalue weighted by Crippen LogP contribution is 2.41. The minimum atomic E-state index is 0.529. The highest BCUT2D eigenvalue weighted by atomic mass is 32.1. The van der Waals surface area contributed by atoms with Crippen LogP contribution in [-0.4, -0.2) is 0 Å². The molecule has 1 atom stereocenters. The van der Waals surface area contributed by atoms with Crippen molar-refractivity contribution in [1.29, 1.82) is 0 Å². The predicted molar refractivity (Wildman–Crippen MR) is 82.5 cm³/mol. The fourth-order valence-electron chi connectivity index (χ4n) is 2.73. The van der Waals surface area contributed by atoms with Gasteiger partial charge in [0.15, 0.2) is 0 Å². The molecule has 0 aliphatic heterocycles. The molecule has 19 heavy (non-hydrogen) atoms. The van der Waals surface area contributed by atoms with Crippen LogP contribution in [0.1, 0.15) is 39.8 Å². The van der Waals surface area contributed by atoms with E-state index in [1.54, 1.807) is 0 Å². The van der Waals surface area contributed by atoms with Crippen molar-refractivity contribution in [2.75, 3.05) is 0 Å². The lowest BCUT2D eigenvalue weighted by atomic mass is 10.0. The summed E-state index contributed by atoms with van der Waals surface area (Å²) >= 11 is 1.90. The zero-order valence-corrected chi connectivity index (χ0v) is 12.5. The van der Waals surface area contributed by atoms with E-state index in [4.69, 9.17) is 0 Å². The molecule has 1 aromatic heterocycles. The molecule has 1 heterocycles. The van der Waals surface area contributed by atoms with Crippen molar-refractivity contribution in [1.82, 2.24) is 5.32 Å². The maximum atomic E-state index is 3.78. The Morgan fingerprint density at radius 2 is 1.95 bits per heavy atom. The second-order valence-corrected chi connectivity index (χ2v) is 7.01. The summed E-state index contributed by atoms with van der Waals surface area (Å²) in [6.45, 7) is 5.41. The lowest BCUT2D eigenvalue weighted by molar-refractivity contribution is 0.480. The van der Waals surface area contributed by atoms with E-state index in [9.17, 15) is 0 Å². The van der Waals surface area contributed by atoms with E-state index in [2.05, 4.69) is 55.6 Å². The molecule has 1 aromatic carbocycles. The quantitative estimate of drug-likeness (QED) is 0.837. The van der Waals surface area contributed by atoms with Gasteiger partial charge in [-0.15, -0.1) is 11.3 Å². The molecule has 1 aliphatic carbocycles. The number of nitrogens with one attached hydrogen (secondary N) is 1. The van der Waals surface area contributed by atoms with Gasteiger partial charge in [0.25, 0.3) is 0 Å². The van der Waals surface area contributed by atoms with Crippen LogP contribution in [0.2, 0.25) is 0 Å². The van der Waals surface area contributed by atoms with E-state index in [0.29, 0.717) is 6.04 Å². The number of rotatable bonds is 5. The van der Waals surface area contributed by atoms with Crippen LogP contribution in [0.3, 0.4) is 0 Å². The molecule has 0 saturated heterocycles. The second-order valence-electron chi connectivity index (χ2n) is 5.55. The summed E-state index contributed by atoms with van der Waals surface area (Å²) in [6.07, 6.45) is 2.74. The monoisotopic (exact) mass is 271 g/mol. The molecular formula is C17H21NS. The van der Waals surface area contributed by atoms with Gasteiger partial charge in [-0.05, 0) is 49.8 Å². The first-order chi connectivity index (χ1) is 9.24. The number of hydrogen-bond donors (Lipinski definition) is 1. The van der Waals surface area contributed by atoms with E-state index in [-0.39, 0.29) is 0 Å². The smallest absolute Gasteiger partial charge is 0.0351 e. The van der Waals surface area contributed by atoms with E-state index in [0.717, 1.165) is 12.5 Å². The van der Waals surface area contributed by atoms with E-state index in [1.807, 2.05) is 11.3 Å². The van der Waals surface area contributed by atoms with Gasteiger partial charge in [0.05, 0.1) is 0 Å². The summed E-state index contributed by atoms with van der Waals surface area (Å²) in [7, 11) is 0. The van der Waals surface area contributed by atoms with Crippen molar-refractivity contribution in [3.8, 4) is 0 Å². The molecule has 0 radical (unpaired) electrons. The van der Waals surface area contributed by atoms with Crippen molar-refractivity contribution in [3.63, 3.8) is 0 Å². The van der Waals surface area contributed by atoms with Gasteiger partial charge in [0.1, 0.15) is 0 Å². The SMILES string of the molecule is Cc1cc(CNC(c2ccccc2)C2CC2)c(C)s1. The largest absolute Gasteiger partial charge is 0.306 e. The van der Waals surface area contributed by atoms with E-state index in [1.165, 1.54) is 33.7 Å². The topological polar surface area (TPSA) is 12.0 Å². The third-order valence-corrected chi connectivity index (χ3v) is 4.92. The summed E-state index contributed by atoms with van der Waals surface area (Å²) in [5, 5.41) is 3.78. The minimum absolute atomic E-state index is 0.529. The zero-order chi connectivity index (χ0) is 13.2. The third-order valence-electron chi connectivity index (χ3n) is 3.91. The van der Waals surface area contributed by atoms with Gasteiger partial charge in [0.2, 0.25) is 0 Å². The first kappa shape index (κ1) is 12.9. The van der Waals surface area contributed by atoms with Gasteiger partial charge >= 0.3 is 0 Å². The molecule has 1 nitrogen and oxygen atoms in total. The Morgan fingerprint density at radius 1 is 1.21 bits per heavy atom. The third kappa shape index (κ3) is 3.07. The molecule has 1 unspecified atom stereocenters. The standard InChI is InChI=1S/C17H21NS/c1-12-10-16(13(2)19-12)11-18-17(15-8-9-15)14-6-4-3-5-7-14/h3-7,10,15,17-18H,8-9,11H2,1-2H3. The first-order valence-corrected chi connectivity index (χ1v) is 7.90. The Hall–Kier alpha value is -1.12. The molecule has 1 saturated carbocycles. The Labute approximate surface area is 119 Å². The molecule has 1 fully saturated rings. The summed E-state index contributed by atoms with van der Waals surface area (Å²) in [5.74, 6) is 0.836. The average molecular weight is 271 g/mol. The van der Waals surface area contributed by atoms with Crippen molar-refractivity contribution >= 4 is 11.3 Å². The fourth-order valence-corrected chi connectivity index (χ4v) is 3.67. The van der Waals surface area contributed by atoms with Crippen LogP contribution < -0.4 is 5.32 Å². The van der Waals surface area contributed by atoms with Crippen LogP contribution in [0.25, 0.3) is 0 Å². The summed E-state index contributed by atoms with van der Waals surface area (Å²) in [4.78, 5) is 2.87. The van der Waals surface area contributed by atoms with E-state index >= 15 is 0 Å². The Morgan fingerprint density at radius 3 is 2.53 bits per heavy atom. The van der Waals surface area contributed by atoms with Crippen molar-refractivity contribution in [3.05, 3.63) is 57.3 Å². The molecule has 1 aliphatic rings. The first-order valence-electron chi connectivity index (χ1n) is 7.08. The van der Waals surface area contributed by atoms with Crippen LogP contribution in [0, 0.1) is 19.8 Å². The molecule has 3 rings (SSSR count). The van der Waals surface area contributed by atoms with Gasteiger partial charge in [-0.25, -0.2) is 0 Å². The van der Waals surface area contributed by atoms with Crippen LogP contribution in [0.15, 0.2) is 36.4 Å². The maximum Gasteiger partial charge on any atom is 0.0351 e. The molecule has 2 aromatic rings. The van der Waals surface area contributed by atoms with Gasteiger partial charge in [-0.2, -0.15) is 0 Å². The van der Waals surface area contributed by atoms with Gasteiger partial charge in [0, 0.05) is 22.3 Å². The Kier molecular flexibility index (Phi) is 3.72. The fraction of sp³-hybridized carbons (Fsp3) is 0.412. The molecule has 0 bridgehead atoms. The average Bonchev–Trinajstić information content (AvgIpc) is 3.18. The molecule has 2 heteroatoms. The van der Waals surface area contributed by atoms with Crippen molar-refractivity contribution in [2.24, 2.45) is 5.92 Å². The molecule has 100 valence electrons. The molecular weight excluding hydrogens is 250 g/mol. The summed E-state index contributed by atoms with van der Waals surface area (Å²) in [6, 6.07) is 13.7. The van der Waals surface area contributed by atoms with Crippen LogP contribution in [-0.2, 0) is 6.54 Å². The number of hydrogen-bond acceptors (Lipinski definition) is 2. The van der Waals surface area contributed by atoms with Crippen LogP contribution in [0.5, 0.6) is 0 Å². The second kappa shape index (κ2) is 5.48. The van der Waals surface area contributed by atoms with Crippen LogP contribution >= 0.6 is 11.3 Å². The minimum Gasteiger partial charge on any atom is -0.306 e. The number of benzene rings is 1. The molecule has 1 N–H and O–H groups in total. The lowest BCUT2D eigenvalue weighted by Gasteiger charge is -2.18. The predicted octanol–water partition coefficient (Wildman–Crippen LogP) is 4.61. The molecule has 0 amide bonds. The van der Waals surface area contributed by atoms with E-state index < -0.39 is 0 Å². The van der Waals surface area contributed by atoms with Gasteiger partial charge in [-0.1, -0.05) is 30.3 Å². The van der Waals surface area contributed by atoms with Crippen LogP contribution in [0.4, 0.5) is 0 Å². The van der Waals surface area contributed by atoms with Crippen molar-refractivity contribution in [2.45, 2.75) is 39.3 Å². The van der Waals surface area contributed by atoms with Gasteiger partial charge < -0.3 is 5.32 Å². The summed E-state index contributed by atoms with van der Waals surface area (Å²) in [5.41, 5.74) is 2.90. The number of aryl methyl sites for hydroxylation is 2. The highest BCUT2D eigenvalue weighted by Gasteiger charge is 2.31. The zero-order valence-electron chi connectivity index (χ0n) is 11.6. The Bertz CT molecular complexity index is 540.